The van der Waals surface area contributed by atoms with Gasteiger partial charge in [-0.3, -0.25) is 4.79 Å². The molecule has 1 aromatic rings. The maximum atomic E-state index is 12.0. The molecular formula is C12H13NOS2. The van der Waals surface area contributed by atoms with Gasteiger partial charge in [-0.1, -0.05) is 18.2 Å². The molecule has 0 aromatic heterocycles. The third-order valence-corrected chi connectivity index (χ3v) is 4.83. The Morgan fingerprint density at radius 2 is 1.88 bits per heavy atom. The van der Waals surface area contributed by atoms with Gasteiger partial charge in [-0.25, -0.2) is 0 Å². The minimum absolute atomic E-state index is 0.0147. The molecule has 1 N–H and O–H groups in total. The van der Waals surface area contributed by atoms with E-state index < -0.39 is 0 Å². The van der Waals surface area contributed by atoms with Gasteiger partial charge < -0.3 is 5.32 Å². The fraction of sp³-hybridized carbons (Fsp3) is 0.250. The van der Waals surface area contributed by atoms with Gasteiger partial charge in [-0.15, -0.1) is 23.5 Å². The predicted molar refractivity (Wildman–Crippen MR) is 72.7 cm³/mol. The van der Waals surface area contributed by atoms with E-state index in [1.54, 1.807) is 23.5 Å². The van der Waals surface area contributed by atoms with Gasteiger partial charge in [0.15, 0.2) is 0 Å². The van der Waals surface area contributed by atoms with Crippen LogP contribution < -0.4 is 5.32 Å². The molecule has 0 unspecified atom stereocenters. The lowest BCUT2D eigenvalue weighted by Crippen LogP contribution is -2.15. The summed E-state index contributed by atoms with van der Waals surface area (Å²) in [6.07, 6.45) is 0. The fourth-order valence-electron chi connectivity index (χ4n) is 1.44. The lowest BCUT2D eigenvalue weighted by Gasteiger charge is -2.16. The van der Waals surface area contributed by atoms with E-state index in [1.165, 1.54) is 0 Å². The van der Waals surface area contributed by atoms with Crippen molar-refractivity contribution in [3.8, 4) is 0 Å². The monoisotopic (exact) mass is 251 g/mol. The first-order valence-electron chi connectivity index (χ1n) is 5.10. The molecule has 1 heterocycles. The highest BCUT2D eigenvalue weighted by Crippen LogP contribution is 2.34. The van der Waals surface area contributed by atoms with Crippen molar-refractivity contribution in [1.82, 2.24) is 0 Å². The molecule has 4 heteroatoms. The van der Waals surface area contributed by atoms with Crippen LogP contribution in [0.3, 0.4) is 0 Å². The Kier molecular flexibility index (Phi) is 3.96. The summed E-state index contributed by atoms with van der Waals surface area (Å²) in [5, 5.41) is 2.91. The maximum absolute atomic E-state index is 12.0. The highest BCUT2D eigenvalue weighted by atomic mass is 32.2. The van der Waals surface area contributed by atoms with E-state index in [2.05, 4.69) is 5.32 Å². The van der Waals surface area contributed by atoms with Crippen LogP contribution in [0, 0.1) is 0 Å². The average Bonchev–Trinajstić information content (AvgIpc) is 2.31. The molecule has 0 radical (unpaired) electrons. The molecule has 1 amide bonds. The minimum atomic E-state index is 0.0147. The maximum Gasteiger partial charge on any atom is 0.262 e. The minimum Gasteiger partial charge on any atom is -0.322 e. The van der Waals surface area contributed by atoms with Crippen molar-refractivity contribution in [3.05, 3.63) is 40.1 Å². The highest BCUT2D eigenvalue weighted by Gasteiger charge is 2.17. The second-order valence-corrected chi connectivity index (χ2v) is 5.82. The van der Waals surface area contributed by atoms with Crippen LogP contribution in [0.2, 0.25) is 0 Å². The topological polar surface area (TPSA) is 29.1 Å². The van der Waals surface area contributed by atoms with Crippen molar-refractivity contribution in [2.24, 2.45) is 0 Å². The zero-order valence-corrected chi connectivity index (χ0v) is 10.7. The summed E-state index contributed by atoms with van der Waals surface area (Å²) < 4.78 is 0. The molecule has 0 fully saturated rings. The third kappa shape index (κ3) is 2.83. The smallest absolute Gasteiger partial charge is 0.262 e. The molecule has 0 spiro atoms. The van der Waals surface area contributed by atoms with Crippen LogP contribution in [0.25, 0.3) is 0 Å². The van der Waals surface area contributed by atoms with Crippen molar-refractivity contribution >= 4 is 35.1 Å². The summed E-state index contributed by atoms with van der Waals surface area (Å²) in [7, 11) is 0. The predicted octanol–water partition coefficient (Wildman–Crippen LogP) is 3.34. The van der Waals surface area contributed by atoms with Crippen LogP contribution in [0.1, 0.15) is 6.92 Å². The number of amides is 1. The number of hydrogen-bond donors (Lipinski definition) is 1. The van der Waals surface area contributed by atoms with E-state index in [1.807, 2.05) is 37.3 Å². The molecule has 16 heavy (non-hydrogen) atoms. The van der Waals surface area contributed by atoms with Gasteiger partial charge in [-0.2, -0.15) is 0 Å². The first kappa shape index (κ1) is 11.6. The molecule has 0 aliphatic carbocycles. The molecule has 1 aromatic carbocycles. The van der Waals surface area contributed by atoms with Crippen LogP contribution >= 0.6 is 23.5 Å². The number of allylic oxidation sites excluding steroid dienone is 1. The van der Waals surface area contributed by atoms with Crippen LogP contribution in [-0.4, -0.2) is 17.4 Å². The average molecular weight is 251 g/mol. The molecule has 0 saturated carbocycles. The molecule has 2 nitrogen and oxygen atoms in total. The third-order valence-electron chi connectivity index (χ3n) is 2.21. The number of carbonyl (C=O) groups excluding carboxylic acids is 1. The summed E-state index contributed by atoms with van der Waals surface area (Å²) in [6, 6.07) is 9.56. The normalized spacial score (nSPS) is 16.1. The largest absolute Gasteiger partial charge is 0.322 e. The Balaban J connectivity index is 2.09. The molecule has 0 atom stereocenters. The molecule has 0 bridgehead atoms. The van der Waals surface area contributed by atoms with Gasteiger partial charge in [0.1, 0.15) is 0 Å². The fourth-order valence-corrected chi connectivity index (χ4v) is 3.58. The van der Waals surface area contributed by atoms with E-state index in [9.17, 15) is 4.79 Å². The Morgan fingerprint density at radius 3 is 2.56 bits per heavy atom. The molecule has 2 rings (SSSR count). The molecular weight excluding hydrogens is 238 g/mol. The highest BCUT2D eigenvalue weighted by molar-refractivity contribution is 8.10. The van der Waals surface area contributed by atoms with Gasteiger partial charge in [0.25, 0.3) is 5.91 Å². The van der Waals surface area contributed by atoms with Gasteiger partial charge in [0.2, 0.25) is 0 Å². The van der Waals surface area contributed by atoms with Gasteiger partial charge in [0, 0.05) is 22.1 Å². The van der Waals surface area contributed by atoms with E-state index in [0.717, 1.165) is 27.0 Å². The summed E-state index contributed by atoms with van der Waals surface area (Å²) in [5.41, 5.74) is 0.851. The van der Waals surface area contributed by atoms with Crippen molar-refractivity contribution in [2.75, 3.05) is 16.8 Å². The summed E-state index contributed by atoms with van der Waals surface area (Å²) in [5.74, 6) is 2.12. The Labute approximate surface area is 104 Å². The Morgan fingerprint density at radius 1 is 1.19 bits per heavy atom. The molecule has 84 valence electrons. The molecule has 1 aliphatic rings. The number of nitrogens with one attached hydrogen (secondary N) is 1. The SMILES string of the molecule is CC1=C(C(=O)Nc2ccccc2)SCCS1. The number of thioether (sulfide) groups is 2. The zero-order valence-electron chi connectivity index (χ0n) is 9.03. The standard InChI is InChI=1S/C12H13NOS2/c1-9-11(16-8-7-15-9)12(14)13-10-5-3-2-4-6-10/h2-6H,7-8H2,1H3,(H,13,14). The molecule has 0 saturated heterocycles. The van der Waals surface area contributed by atoms with Crippen LogP contribution in [0.4, 0.5) is 5.69 Å². The number of benzene rings is 1. The number of hydrogen-bond acceptors (Lipinski definition) is 3. The first-order chi connectivity index (χ1) is 7.77. The van der Waals surface area contributed by atoms with E-state index >= 15 is 0 Å². The lowest BCUT2D eigenvalue weighted by atomic mass is 10.3. The number of para-hydroxylation sites is 1. The zero-order chi connectivity index (χ0) is 11.4. The van der Waals surface area contributed by atoms with Gasteiger partial charge in [0.05, 0.1) is 4.91 Å². The lowest BCUT2D eigenvalue weighted by molar-refractivity contribution is -0.112. The quantitative estimate of drug-likeness (QED) is 0.874. The van der Waals surface area contributed by atoms with Crippen molar-refractivity contribution in [2.45, 2.75) is 6.92 Å². The molecule has 1 aliphatic heterocycles. The van der Waals surface area contributed by atoms with Crippen LogP contribution in [0.15, 0.2) is 40.1 Å². The van der Waals surface area contributed by atoms with Crippen LogP contribution in [-0.2, 0) is 4.79 Å². The Hall–Kier alpha value is -0.870. The summed E-state index contributed by atoms with van der Waals surface area (Å²) >= 11 is 3.41. The van der Waals surface area contributed by atoms with E-state index in [4.69, 9.17) is 0 Å². The van der Waals surface area contributed by atoms with Gasteiger partial charge >= 0.3 is 0 Å². The van der Waals surface area contributed by atoms with Crippen molar-refractivity contribution < 1.29 is 4.79 Å². The van der Waals surface area contributed by atoms with Crippen LogP contribution in [0.5, 0.6) is 0 Å². The van der Waals surface area contributed by atoms with Crippen molar-refractivity contribution in [1.29, 1.82) is 0 Å². The second-order valence-electron chi connectivity index (χ2n) is 3.40. The first-order valence-corrected chi connectivity index (χ1v) is 7.07. The van der Waals surface area contributed by atoms with Gasteiger partial charge in [-0.05, 0) is 19.1 Å². The number of rotatable bonds is 2. The number of carbonyl (C=O) groups is 1. The van der Waals surface area contributed by atoms with Crippen molar-refractivity contribution in [3.63, 3.8) is 0 Å². The van der Waals surface area contributed by atoms with E-state index in [-0.39, 0.29) is 5.91 Å². The second kappa shape index (κ2) is 5.46. The summed E-state index contributed by atoms with van der Waals surface area (Å²) in [6.45, 7) is 2.01. The number of anilines is 1. The Bertz CT molecular complexity index is 414. The summed E-state index contributed by atoms with van der Waals surface area (Å²) in [4.78, 5) is 14.0. The van der Waals surface area contributed by atoms with E-state index in [0.29, 0.717) is 0 Å².